The van der Waals surface area contributed by atoms with Gasteiger partial charge in [-0.15, -0.1) is 0 Å². The summed E-state index contributed by atoms with van der Waals surface area (Å²) < 4.78 is 0. The van der Waals surface area contributed by atoms with Gasteiger partial charge in [-0.3, -0.25) is 19.9 Å². The second-order valence-corrected chi connectivity index (χ2v) is 20.4. The number of rotatable bonds is 0. The van der Waals surface area contributed by atoms with E-state index >= 15 is 0 Å². The lowest BCUT2D eigenvalue weighted by atomic mass is 9.89. The van der Waals surface area contributed by atoms with E-state index in [0.29, 0.717) is 0 Å². The van der Waals surface area contributed by atoms with Gasteiger partial charge in [0.05, 0.1) is 0 Å². The van der Waals surface area contributed by atoms with Crippen LogP contribution in [0.2, 0.25) is 0 Å². The zero-order chi connectivity index (χ0) is 48.6. The molecule has 0 aliphatic heterocycles. The molecule has 4 aliphatic rings. The van der Waals surface area contributed by atoms with Crippen LogP contribution in [0.25, 0.3) is 44.5 Å². The van der Waals surface area contributed by atoms with Crippen LogP contribution in [0.5, 0.6) is 0 Å². The van der Waals surface area contributed by atoms with E-state index in [9.17, 15) is 0 Å². The Morgan fingerprint density at radius 1 is 0.309 bits per heavy atom. The summed E-state index contributed by atoms with van der Waals surface area (Å²) in [5, 5.41) is 0. The maximum atomic E-state index is 4.41. The number of hydrogen-bond acceptors (Lipinski definition) is 4. The third-order valence-corrected chi connectivity index (χ3v) is 16.8. The molecule has 0 N–H and O–H groups in total. The fourth-order valence-corrected chi connectivity index (χ4v) is 11.5. The van der Waals surface area contributed by atoms with Crippen molar-refractivity contribution in [2.45, 2.75) is 136 Å². The number of nitrogens with zero attached hydrogens (tertiary/aromatic N) is 4. The molecule has 0 saturated carbocycles. The first-order valence-electron chi connectivity index (χ1n) is 24.5. The number of benzene rings is 4. The first kappa shape index (κ1) is 46.6. The van der Waals surface area contributed by atoms with E-state index in [1.54, 1.807) is 0 Å². The van der Waals surface area contributed by atoms with Crippen LogP contribution in [-0.4, -0.2) is 19.9 Å². The summed E-state index contributed by atoms with van der Waals surface area (Å²) in [4.78, 5) is 17.4. The molecule has 68 heavy (non-hydrogen) atoms. The van der Waals surface area contributed by atoms with Crippen LogP contribution in [0.1, 0.15) is 134 Å². The lowest BCUT2D eigenvalue weighted by molar-refractivity contribution is 1.10. The topological polar surface area (TPSA) is 51.6 Å². The lowest BCUT2D eigenvalue weighted by Crippen LogP contribution is -1.98. The number of pyridine rings is 4. The number of aryl methyl sites for hydroxylation is 6. The van der Waals surface area contributed by atoms with Gasteiger partial charge in [-0.1, -0.05) is 18.2 Å². The molecule has 0 radical (unpaired) electrons. The number of aromatic nitrogens is 4. The highest BCUT2D eigenvalue weighted by molar-refractivity contribution is 5.84. The van der Waals surface area contributed by atoms with Crippen molar-refractivity contribution >= 4 is 0 Å². The Kier molecular flexibility index (Phi) is 12.2. The molecule has 4 aromatic heterocycles. The molecule has 4 heterocycles. The Morgan fingerprint density at radius 2 is 0.809 bits per heavy atom. The van der Waals surface area contributed by atoms with Crippen molar-refractivity contribution < 1.29 is 0 Å². The molecule has 0 fully saturated rings. The van der Waals surface area contributed by atoms with Crippen molar-refractivity contribution in [3.63, 3.8) is 0 Å². The predicted molar refractivity (Wildman–Crippen MR) is 286 cm³/mol. The van der Waals surface area contributed by atoms with Gasteiger partial charge >= 0.3 is 0 Å². The van der Waals surface area contributed by atoms with Crippen LogP contribution in [-0.2, 0) is 25.7 Å². The standard InChI is InChI=1S/4C16H17N/c1-9-5-15-14(12(4)11(9)3)6-13-8-17-7-10(2)16(13)15;1-9-5-16-14(12(4)11(9)3)7-13-8-17-10(2)6-15(13)16;1-9-10(2)12(4)16-14-5-6-17-8-13(14)7-15(16)11(9)3;1-9-7-16-13-5-6-17-12(4)15(13)8-14(16)11(3)10(9)2/h5,7-8H,6H2,1-4H3;2*5-6,8H,7H2,1-4H3;5-7H,8H2,1-4H3. The Labute approximate surface area is 406 Å². The number of fused-ring (bicyclic) bond motifs is 12. The Hall–Kier alpha value is -6.52. The predicted octanol–water partition coefficient (Wildman–Crippen LogP) is 15.5. The summed E-state index contributed by atoms with van der Waals surface area (Å²) >= 11 is 0. The van der Waals surface area contributed by atoms with Gasteiger partial charge in [0.15, 0.2) is 0 Å². The first-order valence-corrected chi connectivity index (χ1v) is 24.5. The quantitative estimate of drug-likeness (QED) is 0.152. The van der Waals surface area contributed by atoms with Crippen LogP contribution in [0, 0.1) is 111 Å². The van der Waals surface area contributed by atoms with Crippen molar-refractivity contribution in [2.75, 3.05) is 0 Å². The van der Waals surface area contributed by atoms with Crippen LogP contribution < -0.4 is 0 Å². The molecule has 0 bridgehead atoms. The van der Waals surface area contributed by atoms with E-state index in [1.165, 1.54) is 173 Å². The average Bonchev–Trinajstić information content (AvgIpc) is 4.10. The monoisotopic (exact) mass is 893 g/mol. The minimum Gasteiger partial charge on any atom is -0.264 e. The molecule has 8 aromatic rings. The van der Waals surface area contributed by atoms with E-state index in [0.717, 1.165) is 31.4 Å². The van der Waals surface area contributed by atoms with E-state index < -0.39 is 0 Å². The van der Waals surface area contributed by atoms with Crippen LogP contribution in [0.4, 0.5) is 0 Å². The third kappa shape index (κ3) is 7.80. The van der Waals surface area contributed by atoms with Gasteiger partial charge in [0.25, 0.3) is 0 Å². The zero-order valence-corrected chi connectivity index (χ0v) is 43.5. The van der Waals surface area contributed by atoms with Gasteiger partial charge in [0, 0.05) is 74.3 Å². The van der Waals surface area contributed by atoms with Gasteiger partial charge in [0.2, 0.25) is 0 Å². The second kappa shape index (κ2) is 17.9. The fourth-order valence-electron chi connectivity index (χ4n) is 11.5. The Balaban J connectivity index is 0.000000113. The van der Waals surface area contributed by atoms with Gasteiger partial charge < -0.3 is 0 Å². The highest BCUT2D eigenvalue weighted by Crippen LogP contribution is 2.45. The normalized spacial score (nSPS) is 12.5. The SMILES string of the molecule is Cc1c(C)c(C)c2c(c1C)Cc1cnccc1-2.Cc1cc2c(c(C)c1C)Cc1c-2ccnc1C.Cc1cc2c(c(C)c1C)Cc1cncc(C)c1-2.Cc1cc2c(cn1)Cc1c-2cc(C)c(C)c1C. The molecule has 12 rings (SSSR count). The minimum atomic E-state index is 1.05. The Bertz CT molecular complexity index is 3390. The summed E-state index contributed by atoms with van der Waals surface area (Å²) in [5.74, 6) is 0. The molecule has 4 aliphatic carbocycles. The van der Waals surface area contributed by atoms with Crippen molar-refractivity contribution in [1.82, 2.24) is 19.9 Å². The van der Waals surface area contributed by atoms with Crippen molar-refractivity contribution in [1.29, 1.82) is 0 Å². The molecule has 0 amide bonds. The van der Waals surface area contributed by atoms with Crippen molar-refractivity contribution in [3.05, 3.63) is 207 Å². The summed E-state index contributed by atoms with van der Waals surface area (Å²) in [5.41, 5.74) is 45.1. The summed E-state index contributed by atoms with van der Waals surface area (Å²) in [6, 6.07) is 13.5. The molecular weight excluding hydrogens is 825 g/mol. The highest BCUT2D eigenvalue weighted by atomic mass is 14.7. The highest BCUT2D eigenvalue weighted by Gasteiger charge is 2.27. The minimum absolute atomic E-state index is 1.05. The van der Waals surface area contributed by atoms with Gasteiger partial charge in [-0.05, 0) is 296 Å². The maximum absolute atomic E-state index is 4.41. The summed E-state index contributed by atoms with van der Waals surface area (Å²) in [6.07, 6.45) is 16.1. The van der Waals surface area contributed by atoms with Crippen molar-refractivity contribution in [2.24, 2.45) is 0 Å². The zero-order valence-electron chi connectivity index (χ0n) is 43.5. The molecule has 4 heteroatoms. The van der Waals surface area contributed by atoms with E-state index in [1.807, 2.05) is 37.2 Å². The Morgan fingerprint density at radius 3 is 1.47 bits per heavy atom. The van der Waals surface area contributed by atoms with Crippen molar-refractivity contribution in [3.8, 4) is 44.5 Å². The average molecular weight is 893 g/mol. The fraction of sp³-hybridized carbons (Fsp3) is 0.312. The van der Waals surface area contributed by atoms with Gasteiger partial charge in [0.1, 0.15) is 0 Å². The van der Waals surface area contributed by atoms with Gasteiger partial charge in [-0.25, -0.2) is 0 Å². The molecule has 0 atom stereocenters. The lowest BCUT2D eigenvalue weighted by Gasteiger charge is -2.15. The van der Waals surface area contributed by atoms with E-state index in [4.69, 9.17) is 0 Å². The summed E-state index contributed by atoms with van der Waals surface area (Å²) in [7, 11) is 0. The van der Waals surface area contributed by atoms with Crippen LogP contribution in [0.3, 0.4) is 0 Å². The molecule has 4 aromatic carbocycles. The van der Waals surface area contributed by atoms with Crippen LogP contribution in [0.15, 0.2) is 73.6 Å². The first-order chi connectivity index (χ1) is 32.4. The van der Waals surface area contributed by atoms with Gasteiger partial charge in [-0.2, -0.15) is 0 Å². The third-order valence-electron chi connectivity index (χ3n) is 16.8. The molecule has 344 valence electrons. The molecule has 0 unspecified atom stereocenters. The number of hydrogen-bond donors (Lipinski definition) is 0. The molecular formula is C64H68N4. The van der Waals surface area contributed by atoms with Crippen LogP contribution >= 0.6 is 0 Å². The van der Waals surface area contributed by atoms with E-state index in [2.05, 4.69) is 167 Å². The smallest absolute Gasteiger partial charge is 0.0414 e. The molecule has 0 spiro atoms. The molecule has 4 nitrogen and oxygen atoms in total. The maximum Gasteiger partial charge on any atom is 0.0414 e. The molecule has 0 saturated heterocycles. The second-order valence-electron chi connectivity index (χ2n) is 20.4. The largest absolute Gasteiger partial charge is 0.264 e. The summed E-state index contributed by atoms with van der Waals surface area (Å²) in [6.45, 7) is 35.3. The van der Waals surface area contributed by atoms with E-state index in [-0.39, 0.29) is 0 Å².